The van der Waals surface area contributed by atoms with Crippen molar-refractivity contribution in [2.45, 2.75) is 19.8 Å². The lowest BCUT2D eigenvalue weighted by atomic mass is 10.2. The topological polar surface area (TPSA) is 21.3 Å². The van der Waals surface area contributed by atoms with E-state index in [1.807, 2.05) is 6.92 Å². The first kappa shape index (κ1) is 13.6. The maximum absolute atomic E-state index is 11.9. The number of rotatable bonds is 5. The monoisotopic (exact) mass is 245 g/mol. The second-order valence-corrected chi connectivity index (χ2v) is 3.75. The van der Waals surface area contributed by atoms with Crippen LogP contribution < -0.4 is 10.1 Å². The normalized spacial score (nSPS) is 11.3. The van der Waals surface area contributed by atoms with Gasteiger partial charge in [0, 0.05) is 13.1 Å². The maximum Gasteiger partial charge on any atom is 0.573 e. The van der Waals surface area contributed by atoms with Crippen LogP contribution in [0.4, 0.5) is 13.2 Å². The van der Waals surface area contributed by atoms with E-state index in [0.29, 0.717) is 13.1 Å². The predicted molar refractivity (Wildman–Crippen MR) is 59.6 cm³/mol. The van der Waals surface area contributed by atoms with E-state index in [4.69, 9.17) is 0 Å². The first-order chi connectivity index (χ1) is 7.87. The summed E-state index contributed by atoms with van der Waals surface area (Å²) in [5.41, 5.74) is 1.89. The molecule has 1 N–H and O–H groups in total. The van der Waals surface area contributed by atoms with Crippen LogP contribution >= 0.6 is 0 Å². The van der Waals surface area contributed by atoms with Crippen LogP contribution in [0.2, 0.25) is 0 Å². The van der Waals surface area contributed by atoms with Crippen molar-refractivity contribution in [1.82, 2.24) is 5.32 Å². The van der Waals surface area contributed by atoms with Crippen LogP contribution in [0.3, 0.4) is 0 Å². The molecule has 0 atom stereocenters. The van der Waals surface area contributed by atoms with E-state index in [9.17, 15) is 13.2 Å². The zero-order valence-electron chi connectivity index (χ0n) is 9.47. The molecule has 0 aromatic heterocycles. The van der Waals surface area contributed by atoms with Crippen LogP contribution in [0.1, 0.15) is 12.5 Å². The molecule has 0 aliphatic carbocycles. The molecule has 0 unspecified atom stereocenters. The van der Waals surface area contributed by atoms with Crippen LogP contribution in [0.25, 0.3) is 0 Å². The number of hydrogen-bond donors (Lipinski definition) is 1. The van der Waals surface area contributed by atoms with Gasteiger partial charge in [0.2, 0.25) is 0 Å². The molecule has 17 heavy (non-hydrogen) atoms. The van der Waals surface area contributed by atoms with E-state index < -0.39 is 6.36 Å². The average molecular weight is 245 g/mol. The Labute approximate surface area is 98.1 Å². The SMILES string of the molecule is C=C(C)CNCc1ccc(OC(F)(F)F)cc1. The molecule has 0 fully saturated rings. The predicted octanol–water partition coefficient (Wildman–Crippen LogP) is 3.25. The summed E-state index contributed by atoms with van der Waals surface area (Å²) in [5.74, 6) is -0.207. The summed E-state index contributed by atoms with van der Waals surface area (Å²) >= 11 is 0. The number of hydrogen-bond acceptors (Lipinski definition) is 2. The Balaban J connectivity index is 2.47. The van der Waals surface area contributed by atoms with Gasteiger partial charge in [0.25, 0.3) is 0 Å². The molecule has 0 spiro atoms. The number of ether oxygens (including phenoxy) is 1. The number of alkyl halides is 3. The Morgan fingerprint density at radius 2 is 1.88 bits per heavy atom. The minimum absolute atomic E-state index is 0.207. The van der Waals surface area contributed by atoms with Crippen molar-refractivity contribution in [2.75, 3.05) is 6.54 Å². The Morgan fingerprint density at radius 3 is 2.35 bits per heavy atom. The molecule has 0 bridgehead atoms. The van der Waals surface area contributed by atoms with Gasteiger partial charge in [0.15, 0.2) is 0 Å². The van der Waals surface area contributed by atoms with E-state index in [2.05, 4.69) is 16.6 Å². The molecule has 0 saturated carbocycles. The molecule has 1 aromatic rings. The van der Waals surface area contributed by atoms with Gasteiger partial charge in [-0.25, -0.2) is 0 Å². The van der Waals surface area contributed by atoms with E-state index in [0.717, 1.165) is 11.1 Å². The minimum atomic E-state index is -4.64. The van der Waals surface area contributed by atoms with Crippen LogP contribution in [-0.4, -0.2) is 12.9 Å². The third-order valence-electron chi connectivity index (χ3n) is 1.91. The van der Waals surface area contributed by atoms with Crippen molar-refractivity contribution in [1.29, 1.82) is 0 Å². The molecule has 1 rings (SSSR count). The van der Waals surface area contributed by atoms with Crippen LogP contribution in [0, 0.1) is 0 Å². The molecular weight excluding hydrogens is 231 g/mol. The molecule has 0 radical (unpaired) electrons. The fraction of sp³-hybridized carbons (Fsp3) is 0.333. The molecule has 0 heterocycles. The highest BCUT2D eigenvalue weighted by atomic mass is 19.4. The molecular formula is C12H14F3NO. The van der Waals surface area contributed by atoms with Gasteiger partial charge >= 0.3 is 6.36 Å². The number of halogens is 3. The van der Waals surface area contributed by atoms with Gasteiger partial charge in [-0.15, -0.1) is 13.2 Å². The quantitative estimate of drug-likeness (QED) is 0.804. The maximum atomic E-state index is 11.9. The molecule has 0 aliphatic heterocycles. The van der Waals surface area contributed by atoms with Gasteiger partial charge in [-0.1, -0.05) is 24.3 Å². The van der Waals surface area contributed by atoms with E-state index in [1.165, 1.54) is 12.1 Å². The van der Waals surface area contributed by atoms with Crippen molar-refractivity contribution in [3.63, 3.8) is 0 Å². The van der Waals surface area contributed by atoms with Crippen LogP contribution in [-0.2, 0) is 6.54 Å². The van der Waals surface area contributed by atoms with E-state index >= 15 is 0 Å². The largest absolute Gasteiger partial charge is 0.573 e. The van der Waals surface area contributed by atoms with Gasteiger partial charge in [0.05, 0.1) is 0 Å². The van der Waals surface area contributed by atoms with Gasteiger partial charge in [-0.05, 0) is 24.6 Å². The number of benzene rings is 1. The summed E-state index contributed by atoms with van der Waals surface area (Å²) in [7, 11) is 0. The average Bonchev–Trinajstić information content (AvgIpc) is 2.18. The highest BCUT2D eigenvalue weighted by molar-refractivity contribution is 5.27. The summed E-state index contributed by atoms with van der Waals surface area (Å²) in [6.07, 6.45) is -4.64. The Morgan fingerprint density at radius 1 is 1.29 bits per heavy atom. The highest BCUT2D eigenvalue weighted by Gasteiger charge is 2.30. The van der Waals surface area contributed by atoms with Crippen molar-refractivity contribution in [3.8, 4) is 5.75 Å². The number of nitrogens with one attached hydrogen (secondary N) is 1. The fourth-order valence-electron chi connectivity index (χ4n) is 1.23. The zero-order chi connectivity index (χ0) is 12.9. The Kier molecular flexibility index (Phi) is 4.57. The summed E-state index contributed by atoms with van der Waals surface area (Å²) in [5, 5.41) is 3.11. The molecule has 1 aromatic carbocycles. The van der Waals surface area contributed by atoms with Gasteiger partial charge in [-0.3, -0.25) is 0 Å². The fourth-order valence-corrected chi connectivity index (χ4v) is 1.23. The van der Waals surface area contributed by atoms with Crippen LogP contribution in [0.5, 0.6) is 5.75 Å². The second kappa shape index (κ2) is 5.72. The first-order valence-corrected chi connectivity index (χ1v) is 5.06. The third kappa shape index (κ3) is 5.97. The third-order valence-corrected chi connectivity index (χ3v) is 1.91. The molecule has 0 amide bonds. The molecule has 5 heteroatoms. The summed E-state index contributed by atoms with van der Waals surface area (Å²) in [4.78, 5) is 0. The minimum Gasteiger partial charge on any atom is -0.406 e. The molecule has 2 nitrogen and oxygen atoms in total. The molecule has 0 aliphatic rings. The van der Waals surface area contributed by atoms with Gasteiger partial charge < -0.3 is 10.1 Å². The van der Waals surface area contributed by atoms with E-state index in [-0.39, 0.29) is 5.75 Å². The molecule has 94 valence electrons. The standard InChI is InChI=1S/C12H14F3NO/c1-9(2)7-16-8-10-3-5-11(6-4-10)17-12(13,14)15/h3-6,16H,1,7-8H2,2H3. The summed E-state index contributed by atoms with van der Waals surface area (Å²) in [6.45, 7) is 6.89. The van der Waals surface area contributed by atoms with Crippen molar-refractivity contribution < 1.29 is 17.9 Å². The van der Waals surface area contributed by atoms with E-state index in [1.54, 1.807) is 12.1 Å². The lowest BCUT2D eigenvalue weighted by Gasteiger charge is -2.09. The summed E-state index contributed by atoms with van der Waals surface area (Å²) < 4.78 is 39.4. The van der Waals surface area contributed by atoms with Gasteiger partial charge in [0.1, 0.15) is 5.75 Å². The van der Waals surface area contributed by atoms with Crippen molar-refractivity contribution >= 4 is 0 Å². The molecule has 0 saturated heterocycles. The van der Waals surface area contributed by atoms with Crippen LogP contribution in [0.15, 0.2) is 36.4 Å². The zero-order valence-corrected chi connectivity index (χ0v) is 9.47. The summed E-state index contributed by atoms with van der Waals surface area (Å²) in [6, 6.07) is 5.77. The second-order valence-electron chi connectivity index (χ2n) is 3.75. The highest BCUT2D eigenvalue weighted by Crippen LogP contribution is 2.22. The van der Waals surface area contributed by atoms with Crippen molar-refractivity contribution in [3.05, 3.63) is 42.0 Å². The Bertz CT molecular complexity index is 370. The Hall–Kier alpha value is -1.49. The smallest absolute Gasteiger partial charge is 0.406 e. The van der Waals surface area contributed by atoms with Gasteiger partial charge in [-0.2, -0.15) is 0 Å². The first-order valence-electron chi connectivity index (χ1n) is 5.06. The lowest BCUT2D eigenvalue weighted by molar-refractivity contribution is -0.274. The lowest BCUT2D eigenvalue weighted by Crippen LogP contribution is -2.17. The van der Waals surface area contributed by atoms with Crippen molar-refractivity contribution in [2.24, 2.45) is 0 Å².